The molecular weight excluding hydrogens is 304 g/mol. The number of hydrogen-bond acceptors (Lipinski definition) is 3. The van der Waals surface area contributed by atoms with Gasteiger partial charge >= 0.3 is 0 Å². The van der Waals surface area contributed by atoms with Gasteiger partial charge in [-0.3, -0.25) is 0 Å². The molecule has 0 aliphatic carbocycles. The molecule has 2 aromatic carbocycles. The third-order valence-electron chi connectivity index (χ3n) is 2.72. The predicted octanol–water partition coefficient (Wildman–Crippen LogP) is 4.34. The van der Waals surface area contributed by atoms with Gasteiger partial charge in [-0.1, -0.05) is 28.1 Å². The maximum absolute atomic E-state index is 5.71. The van der Waals surface area contributed by atoms with Crippen molar-refractivity contribution in [1.29, 1.82) is 0 Å². The van der Waals surface area contributed by atoms with Crippen molar-refractivity contribution in [2.45, 2.75) is 0 Å². The van der Waals surface area contributed by atoms with Crippen LogP contribution in [0.1, 0.15) is 11.5 Å². The average Bonchev–Trinajstić information content (AvgIpc) is 2.80. The van der Waals surface area contributed by atoms with Gasteiger partial charge in [-0.25, -0.2) is 4.98 Å². The molecule has 3 rings (SSSR count). The zero-order valence-corrected chi connectivity index (χ0v) is 11.6. The Morgan fingerprint density at radius 1 is 1.05 bits per heavy atom. The van der Waals surface area contributed by atoms with Gasteiger partial charge in [-0.15, -0.1) is 0 Å². The van der Waals surface area contributed by atoms with Crippen molar-refractivity contribution in [2.24, 2.45) is 0 Å². The lowest BCUT2D eigenvalue weighted by atomic mass is 10.2. The maximum Gasteiger partial charge on any atom is 0.220 e. The minimum Gasteiger partial charge on any atom is -0.437 e. The summed E-state index contributed by atoms with van der Waals surface area (Å²) in [6.07, 6.45) is 3.81. The van der Waals surface area contributed by atoms with E-state index in [0.717, 1.165) is 21.1 Å². The van der Waals surface area contributed by atoms with Crippen molar-refractivity contribution in [3.05, 3.63) is 58.4 Å². The fraction of sp³-hybridized carbons (Fsp3) is 0. The highest BCUT2D eigenvalue weighted by Crippen LogP contribution is 2.20. The second-order valence-corrected chi connectivity index (χ2v) is 5.08. The smallest absolute Gasteiger partial charge is 0.220 e. The first-order valence-corrected chi connectivity index (χ1v) is 6.60. The Balaban J connectivity index is 1.90. The number of benzene rings is 2. The lowest BCUT2D eigenvalue weighted by molar-refractivity contribution is 0.590. The molecule has 0 saturated carbocycles. The lowest BCUT2D eigenvalue weighted by Crippen LogP contribution is -1.82. The highest BCUT2D eigenvalue weighted by atomic mass is 79.9. The average molecular weight is 315 g/mol. The van der Waals surface area contributed by atoms with Gasteiger partial charge < -0.3 is 10.2 Å². The van der Waals surface area contributed by atoms with Crippen LogP contribution in [-0.4, -0.2) is 4.98 Å². The zero-order chi connectivity index (χ0) is 13.2. The second-order valence-electron chi connectivity index (χ2n) is 4.16. The maximum atomic E-state index is 5.71. The first-order chi connectivity index (χ1) is 9.20. The molecule has 3 aromatic rings. The molecule has 2 N–H and O–H groups in total. The van der Waals surface area contributed by atoms with E-state index in [1.807, 2.05) is 42.5 Å². The van der Waals surface area contributed by atoms with E-state index in [1.165, 1.54) is 0 Å². The molecule has 19 heavy (non-hydrogen) atoms. The molecule has 0 unspecified atom stereocenters. The molecule has 0 atom stereocenters. The normalized spacial score (nSPS) is 11.4. The first-order valence-electron chi connectivity index (χ1n) is 5.80. The van der Waals surface area contributed by atoms with E-state index >= 15 is 0 Å². The Kier molecular flexibility index (Phi) is 3.09. The van der Waals surface area contributed by atoms with E-state index < -0.39 is 0 Å². The number of fused-ring (bicyclic) bond motifs is 1. The fourth-order valence-corrected chi connectivity index (χ4v) is 2.04. The van der Waals surface area contributed by atoms with Crippen LogP contribution in [0, 0.1) is 0 Å². The number of nitrogens with two attached hydrogens (primary N) is 1. The number of anilines is 1. The molecule has 0 amide bonds. The van der Waals surface area contributed by atoms with E-state index in [4.69, 9.17) is 10.2 Å². The third-order valence-corrected chi connectivity index (χ3v) is 3.25. The third kappa shape index (κ3) is 2.69. The largest absolute Gasteiger partial charge is 0.437 e. The molecule has 0 fully saturated rings. The first kappa shape index (κ1) is 12.0. The molecule has 0 saturated heterocycles. The van der Waals surface area contributed by atoms with Gasteiger partial charge in [0.1, 0.15) is 5.52 Å². The highest BCUT2D eigenvalue weighted by Gasteiger charge is 2.02. The Morgan fingerprint density at radius 2 is 1.84 bits per heavy atom. The summed E-state index contributed by atoms with van der Waals surface area (Å²) >= 11 is 3.40. The summed E-state index contributed by atoms with van der Waals surface area (Å²) in [6, 6.07) is 13.4. The minimum absolute atomic E-state index is 0.573. The van der Waals surface area contributed by atoms with Crippen LogP contribution >= 0.6 is 15.9 Å². The predicted molar refractivity (Wildman–Crippen MR) is 81.5 cm³/mol. The minimum atomic E-state index is 0.573. The molecular formula is C15H11BrN2O. The van der Waals surface area contributed by atoms with Gasteiger partial charge in [0.25, 0.3) is 0 Å². The summed E-state index contributed by atoms with van der Waals surface area (Å²) in [5.41, 5.74) is 8.99. The van der Waals surface area contributed by atoms with E-state index in [0.29, 0.717) is 11.6 Å². The number of nitrogen functional groups attached to an aromatic ring is 1. The summed E-state index contributed by atoms with van der Waals surface area (Å²) in [5.74, 6) is 0.573. The number of oxazole rings is 1. The van der Waals surface area contributed by atoms with Crippen LogP contribution in [0.2, 0.25) is 0 Å². The molecule has 1 aromatic heterocycles. The van der Waals surface area contributed by atoms with Crippen LogP contribution in [0.25, 0.3) is 23.3 Å². The van der Waals surface area contributed by atoms with E-state index in [-0.39, 0.29) is 0 Å². The van der Waals surface area contributed by atoms with Crippen molar-refractivity contribution in [3.63, 3.8) is 0 Å². The number of halogens is 1. The van der Waals surface area contributed by atoms with Gasteiger partial charge in [0.05, 0.1) is 0 Å². The molecule has 0 spiro atoms. The number of nitrogens with zero attached hydrogens (tertiary/aromatic N) is 1. The topological polar surface area (TPSA) is 52.0 Å². The summed E-state index contributed by atoms with van der Waals surface area (Å²) in [4.78, 5) is 4.36. The van der Waals surface area contributed by atoms with E-state index in [9.17, 15) is 0 Å². The number of rotatable bonds is 2. The van der Waals surface area contributed by atoms with E-state index in [2.05, 4.69) is 20.9 Å². The quantitative estimate of drug-likeness (QED) is 0.716. The zero-order valence-electron chi connectivity index (χ0n) is 10.0. The van der Waals surface area contributed by atoms with Crippen LogP contribution in [0.5, 0.6) is 0 Å². The Morgan fingerprint density at radius 3 is 2.63 bits per heavy atom. The fourth-order valence-electron chi connectivity index (χ4n) is 1.77. The SMILES string of the molecule is Nc1ccc2oc(/C=C/c3ccc(Br)cc3)nc2c1. The Labute approximate surface area is 118 Å². The molecule has 3 nitrogen and oxygen atoms in total. The van der Waals surface area contributed by atoms with Crippen LogP contribution in [0.3, 0.4) is 0 Å². The van der Waals surface area contributed by atoms with Gasteiger partial charge in [0.15, 0.2) is 5.58 Å². The highest BCUT2D eigenvalue weighted by molar-refractivity contribution is 9.10. The van der Waals surface area contributed by atoms with Crippen LogP contribution in [-0.2, 0) is 0 Å². The van der Waals surface area contributed by atoms with Crippen molar-refractivity contribution < 1.29 is 4.42 Å². The summed E-state index contributed by atoms with van der Waals surface area (Å²) in [6.45, 7) is 0. The summed E-state index contributed by atoms with van der Waals surface area (Å²) in [5, 5.41) is 0. The Hall–Kier alpha value is -2.07. The van der Waals surface area contributed by atoms with Crippen molar-refractivity contribution >= 4 is 44.9 Å². The van der Waals surface area contributed by atoms with Crippen molar-refractivity contribution in [3.8, 4) is 0 Å². The standard InChI is InChI=1S/C15H11BrN2O/c16-11-4-1-10(2-5-11)3-8-15-18-13-9-12(17)6-7-14(13)19-15/h1-9H,17H2/b8-3+. The van der Waals surface area contributed by atoms with E-state index in [1.54, 1.807) is 12.1 Å². The molecule has 0 radical (unpaired) electrons. The lowest BCUT2D eigenvalue weighted by Gasteiger charge is -1.92. The molecule has 0 aliphatic rings. The summed E-state index contributed by atoms with van der Waals surface area (Å²) in [7, 11) is 0. The second kappa shape index (κ2) is 4.90. The van der Waals surface area contributed by atoms with Crippen molar-refractivity contribution in [1.82, 2.24) is 4.98 Å². The molecule has 0 bridgehead atoms. The molecule has 4 heteroatoms. The molecule has 1 heterocycles. The summed E-state index contributed by atoms with van der Waals surface area (Å²) < 4.78 is 6.66. The molecule has 94 valence electrons. The molecule has 0 aliphatic heterocycles. The van der Waals surface area contributed by atoms with Gasteiger partial charge in [-0.2, -0.15) is 0 Å². The van der Waals surface area contributed by atoms with Gasteiger partial charge in [-0.05, 0) is 42.0 Å². The van der Waals surface area contributed by atoms with Gasteiger partial charge in [0, 0.05) is 16.2 Å². The monoisotopic (exact) mass is 314 g/mol. The number of aromatic nitrogens is 1. The van der Waals surface area contributed by atoms with Crippen LogP contribution < -0.4 is 5.73 Å². The van der Waals surface area contributed by atoms with Gasteiger partial charge in [0.2, 0.25) is 5.89 Å². The number of hydrogen-bond donors (Lipinski definition) is 1. The van der Waals surface area contributed by atoms with Crippen molar-refractivity contribution in [2.75, 3.05) is 5.73 Å². The van der Waals surface area contributed by atoms with Crippen LogP contribution in [0.4, 0.5) is 5.69 Å². The Bertz CT molecular complexity index is 744. The van der Waals surface area contributed by atoms with Crippen LogP contribution in [0.15, 0.2) is 51.4 Å².